The minimum Gasteiger partial charge on any atom is -0.462 e. The van der Waals surface area contributed by atoms with Crippen LogP contribution >= 0.6 is 7.82 Å². The molecule has 0 heterocycles. The number of allylic oxidation sites excluding steroid dienone is 14. The van der Waals surface area contributed by atoms with E-state index < -0.39 is 26.5 Å². The first-order valence-corrected chi connectivity index (χ1v) is 34.6. The second-order valence-corrected chi connectivity index (χ2v) is 23.4. The molecule has 0 aliphatic heterocycles. The molecule has 0 aliphatic carbocycles. The van der Waals surface area contributed by atoms with E-state index in [-0.39, 0.29) is 38.6 Å². The molecule has 2 unspecified atom stereocenters. The molecule has 0 aliphatic rings. The Balaban J connectivity index is 3.75. The molecule has 0 bridgehead atoms. The van der Waals surface area contributed by atoms with E-state index >= 15 is 0 Å². The number of phosphoric acid groups is 1. The van der Waals surface area contributed by atoms with Gasteiger partial charge in [0.1, 0.15) is 6.61 Å². The zero-order chi connectivity index (χ0) is 57.3. The maximum Gasteiger partial charge on any atom is 0.472 e. The monoisotopic (exact) mass is 1130 g/mol. The van der Waals surface area contributed by atoms with Gasteiger partial charge in [-0.15, -0.1) is 0 Å². The molecule has 79 heavy (non-hydrogen) atoms. The molecule has 0 amide bonds. The number of carbonyl (C=O) groups is 2. The summed E-state index contributed by atoms with van der Waals surface area (Å²) in [6.07, 6.45) is 85.5. The fourth-order valence-electron chi connectivity index (χ4n) is 9.47. The first kappa shape index (κ1) is 76.2. The van der Waals surface area contributed by atoms with Crippen molar-refractivity contribution in [2.45, 2.75) is 315 Å². The SMILES string of the molecule is CC/C=C\C/C=C\C/C=C\C/C=C\CCCCCCCCCCCCCCCCCCCCCCCCCCCCCCC(=O)OC(COC(=O)CCCCCCCCC/C=C\C/C=C\C/C=C\CC)COP(=O)(O)OCCN. The highest BCUT2D eigenvalue weighted by Crippen LogP contribution is 2.43. The summed E-state index contributed by atoms with van der Waals surface area (Å²) in [7, 11) is -4.39. The summed E-state index contributed by atoms with van der Waals surface area (Å²) in [6, 6.07) is 0. The summed E-state index contributed by atoms with van der Waals surface area (Å²) in [5, 5.41) is 0. The van der Waals surface area contributed by atoms with Crippen molar-refractivity contribution in [2.24, 2.45) is 5.73 Å². The first-order valence-electron chi connectivity index (χ1n) is 33.1. The quantitative estimate of drug-likeness (QED) is 0.0264. The molecule has 0 saturated carbocycles. The standard InChI is InChI=1S/C69H124NO8P/c1-3-5-7-9-11-13-15-17-19-21-22-23-24-25-26-27-28-29-30-31-32-33-34-35-36-37-38-39-40-41-42-43-44-46-48-50-52-54-56-58-60-62-69(72)78-67(66-77-79(73,74)76-64-63-70)65-75-68(71)61-59-57-55-53-51-49-47-45-20-18-16-14-12-10-8-6-4-2/h5-8,11-14,17-20,22-23,67H,3-4,9-10,15-16,21,24-66,70H2,1-2H3,(H,73,74)/b7-5-,8-6-,13-11-,14-12-,19-17-,20-18-,23-22-. The Hall–Kier alpha value is -2.81. The average molecular weight is 1130 g/mol. The van der Waals surface area contributed by atoms with E-state index in [1.165, 1.54) is 186 Å². The number of esters is 2. The van der Waals surface area contributed by atoms with Crippen molar-refractivity contribution < 1.29 is 37.6 Å². The maximum absolute atomic E-state index is 12.7. The van der Waals surface area contributed by atoms with Gasteiger partial charge >= 0.3 is 19.8 Å². The van der Waals surface area contributed by atoms with Gasteiger partial charge in [0.2, 0.25) is 0 Å². The van der Waals surface area contributed by atoms with Gasteiger partial charge in [-0.05, 0) is 83.5 Å². The van der Waals surface area contributed by atoms with Crippen LogP contribution in [-0.2, 0) is 32.7 Å². The molecule has 10 heteroatoms. The van der Waals surface area contributed by atoms with E-state index in [0.29, 0.717) is 6.42 Å². The predicted octanol–water partition coefficient (Wildman–Crippen LogP) is 21.4. The average Bonchev–Trinajstić information content (AvgIpc) is 3.44. The Kier molecular flexibility index (Phi) is 62.1. The number of carbonyl (C=O) groups excluding carboxylic acids is 2. The van der Waals surface area contributed by atoms with Crippen molar-refractivity contribution in [3.8, 4) is 0 Å². The topological polar surface area (TPSA) is 134 Å². The normalized spacial score (nSPS) is 13.5. The molecule has 0 rings (SSSR count). The van der Waals surface area contributed by atoms with Crippen molar-refractivity contribution in [3.63, 3.8) is 0 Å². The van der Waals surface area contributed by atoms with Crippen LogP contribution in [0.5, 0.6) is 0 Å². The first-order chi connectivity index (χ1) is 38.8. The van der Waals surface area contributed by atoms with Gasteiger partial charge in [0, 0.05) is 19.4 Å². The molecule has 3 N–H and O–H groups in total. The second-order valence-electron chi connectivity index (χ2n) is 21.9. The van der Waals surface area contributed by atoms with E-state index in [2.05, 4.69) is 98.9 Å². The van der Waals surface area contributed by atoms with Crippen LogP contribution in [0.25, 0.3) is 0 Å². The molecule has 9 nitrogen and oxygen atoms in total. The van der Waals surface area contributed by atoms with Crippen LogP contribution in [0.15, 0.2) is 85.1 Å². The minimum absolute atomic E-state index is 0.0511. The molecule has 0 radical (unpaired) electrons. The molecule has 2 atom stereocenters. The Labute approximate surface area is 487 Å². The molecule has 0 aromatic heterocycles. The molecular weight excluding hydrogens is 1000 g/mol. The Bertz CT molecular complexity index is 1570. The third kappa shape index (κ3) is 64.2. The van der Waals surface area contributed by atoms with E-state index in [0.717, 1.165) is 89.9 Å². The Morgan fingerprint density at radius 3 is 0.975 bits per heavy atom. The van der Waals surface area contributed by atoms with Gasteiger partial charge < -0.3 is 20.1 Å². The largest absolute Gasteiger partial charge is 0.472 e. The summed E-state index contributed by atoms with van der Waals surface area (Å²) in [5.74, 6) is -0.829. The zero-order valence-corrected chi connectivity index (χ0v) is 52.2. The highest BCUT2D eigenvalue weighted by Gasteiger charge is 2.26. The lowest BCUT2D eigenvalue weighted by molar-refractivity contribution is -0.161. The molecule has 0 aromatic rings. The number of rotatable bonds is 62. The van der Waals surface area contributed by atoms with Crippen LogP contribution in [0.1, 0.15) is 309 Å². The number of hydrogen-bond acceptors (Lipinski definition) is 8. The van der Waals surface area contributed by atoms with Crippen molar-refractivity contribution in [1.82, 2.24) is 0 Å². The highest BCUT2D eigenvalue weighted by atomic mass is 31.2. The van der Waals surface area contributed by atoms with Gasteiger partial charge in [0.15, 0.2) is 6.10 Å². The van der Waals surface area contributed by atoms with Crippen LogP contribution in [0, 0.1) is 0 Å². The van der Waals surface area contributed by atoms with Crippen molar-refractivity contribution >= 4 is 19.8 Å². The van der Waals surface area contributed by atoms with Gasteiger partial charge in [-0.2, -0.15) is 0 Å². The summed E-state index contributed by atoms with van der Waals surface area (Å²) >= 11 is 0. The van der Waals surface area contributed by atoms with Gasteiger partial charge in [-0.1, -0.05) is 298 Å². The van der Waals surface area contributed by atoms with Crippen LogP contribution in [-0.4, -0.2) is 49.3 Å². The number of unbranched alkanes of at least 4 members (excludes halogenated alkanes) is 35. The summed E-state index contributed by atoms with van der Waals surface area (Å²) in [5.41, 5.74) is 5.39. The zero-order valence-electron chi connectivity index (χ0n) is 51.3. The maximum atomic E-state index is 12.7. The third-order valence-corrected chi connectivity index (χ3v) is 15.3. The fraction of sp³-hybridized carbons (Fsp3) is 0.768. The third-order valence-electron chi connectivity index (χ3n) is 14.3. The van der Waals surface area contributed by atoms with Gasteiger partial charge in [-0.25, -0.2) is 4.57 Å². The molecule has 0 saturated heterocycles. The molecule has 458 valence electrons. The molecular formula is C69H124NO8P. The predicted molar refractivity (Wildman–Crippen MR) is 339 cm³/mol. The van der Waals surface area contributed by atoms with E-state index in [9.17, 15) is 19.0 Å². The molecule has 0 spiro atoms. The van der Waals surface area contributed by atoms with Gasteiger partial charge in [0.05, 0.1) is 13.2 Å². The van der Waals surface area contributed by atoms with Crippen LogP contribution in [0.2, 0.25) is 0 Å². The van der Waals surface area contributed by atoms with E-state index in [1.807, 2.05) is 0 Å². The van der Waals surface area contributed by atoms with Crippen LogP contribution in [0.3, 0.4) is 0 Å². The number of nitrogens with two attached hydrogens (primary N) is 1. The Morgan fingerprint density at radius 1 is 0.380 bits per heavy atom. The lowest BCUT2D eigenvalue weighted by atomic mass is 10.0. The van der Waals surface area contributed by atoms with Crippen molar-refractivity contribution in [3.05, 3.63) is 85.1 Å². The van der Waals surface area contributed by atoms with Crippen LogP contribution < -0.4 is 5.73 Å². The minimum atomic E-state index is -4.39. The summed E-state index contributed by atoms with van der Waals surface area (Å²) < 4.78 is 33.1. The van der Waals surface area contributed by atoms with Crippen molar-refractivity contribution in [2.75, 3.05) is 26.4 Å². The molecule has 0 aromatic carbocycles. The summed E-state index contributed by atoms with van der Waals surface area (Å²) in [4.78, 5) is 35.2. The Morgan fingerprint density at radius 2 is 0.658 bits per heavy atom. The van der Waals surface area contributed by atoms with Crippen molar-refractivity contribution in [1.29, 1.82) is 0 Å². The highest BCUT2D eigenvalue weighted by molar-refractivity contribution is 7.47. The van der Waals surface area contributed by atoms with Gasteiger partial charge in [0.25, 0.3) is 0 Å². The van der Waals surface area contributed by atoms with Crippen LogP contribution in [0.4, 0.5) is 0 Å². The van der Waals surface area contributed by atoms with Gasteiger partial charge in [-0.3, -0.25) is 18.6 Å². The number of phosphoric ester groups is 1. The summed E-state index contributed by atoms with van der Waals surface area (Å²) in [6.45, 7) is 3.54. The van der Waals surface area contributed by atoms with E-state index in [4.69, 9.17) is 24.3 Å². The lowest BCUT2D eigenvalue weighted by Gasteiger charge is -2.19. The number of hydrogen-bond donors (Lipinski definition) is 2. The number of ether oxygens (including phenoxy) is 2. The van der Waals surface area contributed by atoms with E-state index in [1.54, 1.807) is 0 Å². The smallest absolute Gasteiger partial charge is 0.462 e. The molecule has 0 fully saturated rings. The fourth-order valence-corrected chi connectivity index (χ4v) is 10.2. The second kappa shape index (κ2) is 64.4. The lowest BCUT2D eigenvalue weighted by Crippen LogP contribution is -2.29.